The molecule has 1 nitrogen and oxygen atoms in total. The Morgan fingerprint density at radius 2 is 1.00 bits per heavy atom. The van der Waals surface area contributed by atoms with Gasteiger partial charge in [-0.1, -0.05) is 115 Å². The molecule has 0 aliphatic rings. The quantitative estimate of drug-likeness (QED) is 0.187. The third kappa shape index (κ3) is 3.35. The van der Waals surface area contributed by atoms with E-state index in [-0.39, 0.29) is 0 Å². The summed E-state index contributed by atoms with van der Waals surface area (Å²) in [4.78, 5) is 0. The second kappa shape index (κ2) is 9.03. The van der Waals surface area contributed by atoms with Gasteiger partial charge in [0.25, 0.3) is 0 Å². The molecular formula is C42H24OS. The molecule has 204 valence electrons. The van der Waals surface area contributed by atoms with E-state index in [4.69, 9.17) is 4.42 Å². The monoisotopic (exact) mass is 576 g/mol. The van der Waals surface area contributed by atoms with Crippen molar-refractivity contribution in [1.82, 2.24) is 0 Å². The van der Waals surface area contributed by atoms with Crippen LogP contribution in [0.2, 0.25) is 0 Å². The second-order valence-electron chi connectivity index (χ2n) is 11.6. The lowest BCUT2D eigenvalue weighted by Crippen LogP contribution is -1.90. The lowest BCUT2D eigenvalue weighted by Gasteiger charge is -2.17. The third-order valence-corrected chi connectivity index (χ3v) is 10.5. The minimum Gasteiger partial charge on any atom is -0.456 e. The zero-order valence-corrected chi connectivity index (χ0v) is 24.5. The van der Waals surface area contributed by atoms with Crippen molar-refractivity contribution < 1.29 is 4.42 Å². The topological polar surface area (TPSA) is 13.1 Å². The van der Waals surface area contributed by atoms with Gasteiger partial charge in [-0.2, -0.15) is 0 Å². The van der Waals surface area contributed by atoms with Gasteiger partial charge in [0, 0.05) is 36.3 Å². The molecule has 0 saturated carbocycles. The summed E-state index contributed by atoms with van der Waals surface area (Å²) < 4.78 is 8.84. The average Bonchev–Trinajstić information content (AvgIpc) is 3.64. The zero-order valence-electron chi connectivity index (χ0n) is 23.7. The maximum absolute atomic E-state index is 6.21. The molecular weight excluding hydrogens is 553 g/mol. The van der Waals surface area contributed by atoms with Gasteiger partial charge in [0.05, 0.1) is 0 Å². The van der Waals surface area contributed by atoms with Crippen LogP contribution in [0.5, 0.6) is 0 Å². The van der Waals surface area contributed by atoms with Crippen LogP contribution in [0, 0.1) is 0 Å². The van der Waals surface area contributed by atoms with Crippen LogP contribution in [0.15, 0.2) is 150 Å². The number of hydrogen-bond donors (Lipinski definition) is 0. The molecule has 0 aliphatic heterocycles. The molecule has 10 aromatic rings. The van der Waals surface area contributed by atoms with Gasteiger partial charge in [-0.05, 0) is 79.5 Å². The van der Waals surface area contributed by atoms with E-state index in [1.54, 1.807) is 0 Å². The summed E-state index contributed by atoms with van der Waals surface area (Å²) >= 11 is 1.89. The minimum absolute atomic E-state index is 0.938. The molecule has 0 fully saturated rings. The highest BCUT2D eigenvalue weighted by molar-refractivity contribution is 7.26. The molecule has 2 heterocycles. The van der Waals surface area contributed by atoms with Crippen molar-refractivity contribution in [3.8, 4) is 22.3 Å². The van der Waals surface area contributed by atoms with E-state index in [2.05, 4.69) is 140 Å². The number of rotatable bonds is 2. The lowest BCUT2D eigenvalue weighted by molar-refractivity contribution is 0.669. The Labute approximate surface area is 257 Å². The van der Waals surface area contributed by atoms with Gasteiger partial charge in [-0.25, -0.2) is 0 Å². The van der Waals surface area contributed by atoms with E-state index < -0.39 is 0 Å². The van der Waals surface area contributed by atoms with Gasteiger partial charge >= 0.3 is 0 Å². The fraction of sp³-hybridized carbons (Fsp3) is 0. The maximum Gasteiger partial charge on any atom is 0.136 e. The molecule has 44 heavy (non-hydrogen) atoms. The van der Waals surface area contributed by atoms with Crippen molar-refractivity contribution >= 4 is 85.8 Å². The molecule has 0 spiro atoms. The summed E-state index contributed by atoms with van der Waals surface area (Å²) in [5.74, 6) is 0. The van der Waals surface area contributed by atoms with Gasteiger partial charge in [-0.15, -0.1) is 11.3 Å². The van der Waals surface area contributed by atoms with Crippen molar-refractivity contribution in [2.75, 3.05) is 0 Å². The second-order valence-corrected chi connectivity index (χ2v) is 12.7. The van der Waals surface area contributed by atoms with Crippen molar-refractivity contribution in [3.63, 3.8) is 0 Å². The molecule has 0 bridgehead atoms. The van der Waals surface area contributed by atoms with Crippen LogP contribution in [-0.2, 0) is 0 Å². The summed E-state index contributed by atoms with van der Waals surface area (Å²) in [6, 6.07) is 53.0. The first-order valence-electron chi connectivity index (χ1n) is 15.0. The summed E-state index contributed by atoms with van der Waals surface area (Å²) in [5, 5.41) is 12.6. The third-order valence-electron chi connectivity index (χ3n) is 9.23. The Morgan fingerprint density at radius 1 is 0.364 bits per heavy atom. The number of benzene rings is 8. The van der Waals surface area contributed by atoms with E-state index in [1.165, 1.54) is 85.5 Å². The van der Waals surface area contributed by atoms with E-state index in [9.17, 15) is 0 Å². The number of para-hydroxylation sites is 1. The Morgan fingerprint density at radius 3 is 1.73 bits per heavy atom. The van der Waals surface area contributed by atoms with Crippen LogP contribution in [0.25, 0.3) is 96.7 Å². The number of fused-ring (bicyclic) bond motifs is 10. The van der Waals surface area contributed by atoms with Gasteiger partial charge in [0.15, 0.2) is 0 Å². The number of hydrogen-bond acceptors (Lipinski definition) is 2. The smallest absolute Gasteiger partial charge is 0.136 e. The minimum atomic E-state index is 0.938. The van der Waals surface area contributed by atoms with Crippen molar-refractivity contribution in [2.24, 2.45) is 0 Å². The first kappa shape index (κ1) is 24.0. The van der Waals surface area contributed by atoms with Crippen LogP contribution >= 0.6 is 11.3 Å². The molecule has 0 N–H and O–H groups in total. The van der Waals surface area contributed by atoms with Gasteiger partial charge < -0.3 is 4.42 Å². The fourth-order valence-electron chi connectivity index (χ4n) is 7.29. The standard InChI is InChI=1S/C42H24OS/c1-2-10-25(11-3-1)40-29-13-4-6-15-31(29)41(32-16-7-5-14-30(32)40)27-19-21-39-36(22-27)33-20-18-26-23-38-35(24-34(26)42(33)44-39)28-12-8-9-17-37(28)43-38/h1-24H. The van der Waals surface area contributed by atoms with Crippen LogP contribution in [0.1, 0.15) is 0 Å². The Kier molecular flexibility index (Phi) is 4.94. The first-order chi connectivity index (χ1) is 21.8. The molecule has 2 heteroatoms. The number of furan rings is 1. The SMILES string of the molecule is c1ccc(-c2c3ccccc3c(-c3ccc4sc5c6cc7c(cc6ccc5c4c3)oc3ccccc37)c3ccccc23)cc1. The Bertz CT molecular complexity index is 2710. The number of thiophene rings is 1. The van der Waals surface area contributed by atoms with E-state index in [0.29, 0.717) is 0 Å². The van der Waals surface area contributed by atoms with Gasteiger partial charge in [0.1, 0.15) is 11.2 Å². The Balaban J connectivity index is 1.26. The summed E-state index contributed by atoms with van der Waals surface area (Å²) in [6.45, 7) is 0. The molecule has 0 amide bonds. The highest BCUT2D eigenvalue weighted by Gasteiger charge is 2.18. The maximum atomic E-state index is 6.21. The predicted octanol–water partition coefficient (Wildman–Crippen LogP) is 12.7. The molecule has 0 radical (unpaired) electrons. The van der Waals surface area contributed by atoms with E-state index in [0.717, 1.165) is 11.2 Å². The first-order valence-corrected chi connectivity index (χ1v) is 15.8. The lowest BCUT2D eigenvalue weighted by atomic mass is 9.86. The summed E-state index contributed by atoms with van der Waals surface area (Å²) in [6.07, 6.45) is 0. The van der Waals surface area contributed by atoms with Crippen LogP contribution in [0.4, 0.5) is 0 Å². The zero-order chi connectivity index (χ0) is 28.8. The van der Waals surface area contributed by atoms with Crippen LogP contribution < -0.4 is 0 Å². The normalized spacial score (nSPS) is 12.1. The molecule has 0 aliphatic carbocycles. The van der Waals surface area contributed by atoms with Gasteiger partial charge in [0.2, 0.25) is 0 Å². The highest BCUT2D eigenvalue weighted by atomic mass is 32.1. The Hall–Kier alpha value is -5.44. The summed E-state index contributed by atoms with van der Waals surface area (Å²) in [7, 11) is 0. The highest BCUT2D eigenvalue weighted by Crippen LogP contribution is 2.46. The largest absolute Gasteiger partial charge is 0.456 e. The molecule has 8 aromatic carbocycles. The molecule has 2 aromatic heterocycles. The van der Waals surface area contributed by atoms with Crippen molar-refractivity contribution in [2.45, 2.75) is 0 Å². The average molecular weight is 577 g/mol. The van der Waals surface area contributed by atoms with E-state index >= 15 is 0 Å². The van der Waals surface area contributed by atoms with Crippen molar-refractivity contribution in [3.05, 3.63) is 146 Å². The van der Waals surface area contributed by atoms with Crippen LogP contribution in [0.3, 0.4) is 0 Å². The van der Waals surface area contributed by atoms with Crippen molar-refractivity contribution in [1.29, 1.82) is 0 Å². The fourth-order valence-corrected chi connectivity index (χ4v) is 8.50. The molecule has 0 unspecified atom stereocenters. The van der Waals surface area contributed by atoms with Crippen LogP contribution in [-0.4, -0.2) is 0 Å². The molecule has 0 saturated heterocycles. The molecule has 0 atom stereocenters. The van der Waals surface area contributed by atoms with E-state index in [1.807, 2.05) is 17.4 Å². The van der Waals surface area contributed by atoms with Gasteiger partial charge in [-0.3, -0.25) is 0 Å². The summed E-state index contributed by atoms with van der Waals surface area (Å²) in [5.41, 5.74) is 6.97. The molecule has 10 rings (SSSR count). The predicted molar refractivity (Wildman–Crippen MR) is 190 cm³/mol.